The number of nitrogens with one attached hydrogen (secondary N) is 2. The van der Waals surface area contributed by atoms with Crippen molar-refractivity contribution >= 4 is 27.4 Å². The van der Waals surface area contributed by atoms with Gasteiger partial charge in [-0.15, -0.1) is 0 Å². The SMILES string of the molecule is CC(=O)Nc1ccc(S(=O)(=O)Nc2c(C#N)cnn2C)cc1. The Kier molecular flexibility index (Phi) is 4.14. The lowest BCUT2D eigenvalue weighted by Crippen LogP contribution is -2.16. The van der Waals surface area contributed by atoms with E-state index in [1.807, 2.05) is 6.07 Å². The van der Waals surface area contributed by atoms with Crippen LogP contribution in [-0.2, 0) is 21.9 Å². The van der Waals surface area contributed by atoms with E-state index in [-0.39, 0.29) is 22.2 Å². The highest BCUT2D eigenvalue weighted by Gasteiger charge is 2.18. The van der Waals surface area contributed by atoms with Gasteiger partial charge in [-0.3, -0.25) is 14.2 Å². The van der Waals surface area contributed by atoms with Crippen LogP contribution in [-0.4, -0.2) is 24.1 Å². The van der Waals surface area contributed by atoms with E-state index in [9.17, 15) is 13.2 Å². The molecule has 2 N–H and O–H groups in total. The van der Waals surface area contributed by atoms with Crippen LogP contribution in [0.25, 0.3) is 0 Å². The van der Waals surface area contributed by atoms with Crippen molar-refractivity contribution in [2.75, 3.05) is 10.0 Å². The van der Waals surface area contributed by atoms with E-state index >= 15 is 0 Å². The lowest BCUT2D eigenvalue weighted by Gasteiger charge is -2.09. The molecular weight excluding hydrogens is 306 g/mol. The summed E-state index contributed by atoms with van der Waals surface area (Å²) in [5.74, 6) is -0.157. The molecule has 0 saturated carbocycles. The average molecular weight is 319 g/mol. The van der Waals surface area contributed by atoms with Gasteiger partial charge in [0.05, 0.1) is 11.1 Å². The number of nitriles is 1. The Hall–Kier alpha value is -2.86. The van der Waals surface area contributed by atoms with Crippen molar-refractivity contribution in [3.8, 4) is 6.07 Å². The number of hydrogen-bond acceptors (Lipinski definition) is 5. The van der Waals surface area contributed by atoms with Crippen LogP contribution in [0.5, 0.6) is 0 Å². The molecular formula is C13H13N5O3S. The number of carbonyl (C=O) groups is 1. The maximum Gasteiger partial charge on any atom is 0.263 e. The topological polar surface area (TPSA) is 117 Å². The number of hydrogen-bond donors (Lipinski definition) is 2. The summed E-state index contributed by atoms with van der Waals surface area (Å²) in [7, 11) is -2.33. The Morgan fingerprint density at radius 1 is 1.32 bits per heavy atom. The summed E-state index contributed by atoms with van der Waals surface area (Å²) in [4.78, 5) is 10.9. The minimum absolute atomic E-state index is 0.00620. The second-order valence-electron chi connectivity index (χ2n) is 4.45. The minimum atomic E-state index is -3.86. The van der Waals surface area contributed by atoms with Crippen LogP contribution in [0.2, 0.25) is 0 Å². The van der Waals surface area contributed by atoms with E-state index in [1.165, 1.54) is 49.1 Å². The van der Waals surface area contributed by atoms with Crippen molar-refractivity contribution < 1.29 is 13.2 Å². The number of aryl methyl sites for hydroxylation is 1. The first-order valence-electron chi connectivity index (χ1n) is 6.16. The smallest absolute Gasteiger partial charge is 0.263 e. The second kappa shape index (κ2) is 5.87. The number of carbonyl (C=O) groups excluding carboxylic acids is 1. The van der Waals surface area contributed by atoms with E-state index in [4.69, 9.17) is 5.26 Å². The van der Waals surface area contributed by atoms with E-state index in [2.05, 4.69) is 15.1 Å². The van der Waals surface area contributed by atoms with Crippen LogP contribution in [0, 0.1) is 11.3 Å². The zero-order valence-corrected chi connectivity index (χ0v) is 12.7. The summed E-state index contributed by atoms with van der Waals surface area (Å²) >= 11 is 0. The Balaban J connectivity index is 2.29. The molecule has 0 radical (unpaired) electrons. The third-order valence-electron chi connectivity index (χ3n) is 2.78. The molecule has 22 heavy (non-hydrogen) atoms. The summed E-state index contributed by atoms with van der Waals surface area (Å²) in [6, 6.07) is 7.53. The Labute approximate surface area is 127 Å². The average Bonchev–Trinajstić information content (AvgIpc) is 2.79. The van der Waals surface area contributed by atoms with E-state index in [0.717, 1.165) is 0 Å². The highest BCUT2D eigenvalue weighted by atomic mass is 32.2. The molecule has 114 valence electrons. The molecule has 0 aliphatic carbocycles. The standard InChI is InChI=1S/C13H13N5O3S/c1-9(19)16-11-3-5-12(6-4-11)22(20,21)17-13-10(7-14)8-15-18(13)2/h3-6,8,17H,1-2H3,(H,16,19). The van der Waals surface area contributed by atoms with E-state index in [1.54, 1.807) is 0 Å². The van der Waals surface area contributed by atoms with Crippen LogP contribution in [0.15, 0.2) is 35.4 Å². The monoisotopic (exact) mass is 319 g/mol. The van der Waals surface area contributed by atoms with Crippen LogP contribution in [0.1, 0.15) is 12.5 Å². The molecule has 2 rings (SSSR count). The third-order valence-corrected chi connectivity index (χ3v) is 4.13. The molecule has 1 aromatic carbocycles. The fourth-order valence-corrected chi connectivity index (χ4v) is 2.86. The Morgan fingerprint density at radius 3 is 2.50 bits per heavy atom. The molecule has 0 aliphatic rings. The molecule has 0 spiro atoms. The quantitative estimate of drug-likeness (QED) is 0.873. The molecule has 0 saturated heterocycles. The van der Waals surface area contributed by atoms with Gasteiger partial charge < -0.3 is 5.32 Å². The fraction of sp³-hybridized carbons (Fsp3) is 0.154. The van der Waals surface area contributed by atoms with Gasteiger partial charge >= 0.3 is 0 Å². The number of aromatic nitrogens is 2. The molecule has 8 nitrogen and oxygen atoms in total. The van der Waals surface area contributed by atoms with E-state index < -0.39 is 10.0 Å². The van der Waals surface area contributed by atoms with Crippen molar-refractivity contribution in [2.45, 2.75) is 11.8 Å². The predicted molar refractivity (Wildman–Crippen MR) is 79.5 cm³/mol. The molecule has 0 aliphatic heterocycles. The summed E-state index contributed by atoms with van der Waals surface area (Å²) in [5.41, 5.74) is 0.616. The van der Waals surface area contributed by atoms with Gasteiger partial charge in [-0.25, -0.2) is 8.42 Å². The van der Waals surface area contributed by atoms with Gasteiger partial charge in [0.2, 0.25) is 5.91 Å². The molecule has 0 atom stereocenters. The van der Waals surface area contributed by atoms with Gasteiger partial charge in [-0.05, 0) is 24.3 Å². The summed E-state index contributed by atoms with van der Waals surface area (Å²) in [6.07, 6.45) is 1.28. The maximum atomic E-state index is 12.3. The van der Waals surface area contributed by atoms with Gasteiger partial charge in [0.15, 0.2) is 5.82 Å². The number of nitrogens with zero attached hydrogens (tertiary/aromatic N) is 3. The van der Waals surface area contributed by atoms with Crippen molar-refractivity contribution in [3.05, 3.63) is 36.0 Å². The van der Waals surface area contributed by atoms with Crippen LogP contribution >= 0.6 is 0 Å². The van der Waals surface area contributed by atoms with Crippen molar-refractivity contribution in [2.24, 2.45) is 7.05 Å². The number of amides is 1. The van der Waals surface area contributed by atoms with Gasteiger partial charge in [0, 0.05) is 19.7 Å². The number of rotatable bonds is 4. The molecule has 1 heterocycles. The van der Waals surface area contributed by atoms with Gasteiger partial charge in [-0.1, -0.05) is 0 Å². The van der Waals surface area contributed by atoms with Gasteiger partial charge in [-0.2, -0.15) is 10.4 Å². The van der Waals surface area contributed by atoms with Crippen LogP contribution in [0.4, 0.5) is 11.5 Å². The molecule has 0 unspecified atom stereocenters. The maximum absolute atomic E-state index is 12.3. The van der Waals surface area contributed by atoms with Crippen molar-refractivity contribution in [1.82, 2.24) is 9.78 Å². The van der Waals surface area contributed by atoms with Crippen molar-refractivity contribution in [3.63, 3.8) is 0 Å². The number of sulfonamides is 1. The normalized spacial score (nSPS) is 10.8. The molecule has 2 aromatic rings. The van der Waals surface area contributed by atoms with Crippen molar-refractivity contribution in [1.29, 1.82) is 5.26 Å². The molecule has 0 bridgehead atoms. The first-order valence-corrected chi connectivity index (χ1v) is 7.64. The fourth-order valence-electron chi connectivity index (χ4n) is 1.75. The minimum Gasteiger partial charge on any atom is -0.326 e. The molecule has 1 aromatic heterocycles. The lowest BCUT2D eigenvalue weighted by atomic mass is 10.3. The molecule has 9 heteroatoms. The largest absolute Gasteiger partial charge is 0.326 e. The summed E-state index contributed by atoms with van der Waals surface area (Å²) in [5, 5.41) is 15.3. The van der Waals surface area contributed by atoms with Crippen LogP contribution in [0.3, 0.4) is 0 Å². The Morgan fingerprint density at radius 2 is 1.95 bits per heavy atom. The predicted octanol–water partition coefficient (Wildman–Crippen LogP) is 1.05. The zero-order chi connectivity index (χ0) is 16.3. The highest BCUT2D eigenvalue weighted by Crippen LogP contribution is 2.20. The van der Waals surface area contributed by atoms with Crippen LogP contribution < -0.4 is 10.0 Å². The first kappa shape index (κ1) is 15.5. The lowest BCUT2D eigenvalue weighted by molar-refractivity contribution is -0.114. The molecule has 0 fully saturated rings. The third kappa shape index (κ3) is 3.24. The summed E-state index contributed by atoms with van der Waals surface area (Å²) < 4.78 is 28.2. The van der Waals surface area contributed by atoms with Gasteiger partial charge in [0.1, 0.15) is 11.6 Å². The van der Waals surface area contributed by atoms with E-state index in [0.29, 0.717) is 5.69 Å². The first-order chi connectivity index (χ1) is 10.3. The second-order valence-corrected chi connectivity index (χ2v) is 6.14. The number of anilines is 2. The molecule has 1 amide bonds. The zero-order valence-electron chi connectivity index (χ0n) is 11.9. The van der Waals surface area contributed by atoms with Gasteiger partial charge in [0.25, 0.3) is 10.0 Å². The highest BCUT2D eigenvalue weighted by molar-refractivity contribution is 7.92. The Bertz CT molecular complexity index is 847. The summed E-state index contributed by atoms with van der Waals surface area (Å²) in [6.45, 7) is 1.36. The number of benzene rings is 1.